The van der Waals surface area contributed by atoms with Crippen LogP contribution < -0.4 is 5.73 Å². The van der Waals surface area contributed by atoms with Crippen molar-refractivity contribution in [3.8, 4) is 0 Å². The molecule has 2 aromatic heterocycles. The summed E-state index contributed by atoms with van der Waals surface area (Å²) < 4.78 is 56.7. The number of aromatic nitrogens is 3. The molecular formula is C20H27ClFN4O7P. The summed E-state index contributed by atoms with van der Waals surface area (Å²) in [6, 6.07) is 0. The van der Waals surface area contributed by atoms with Gasteiger partial charge in [-0.3, -0.25) is 18.4 Å². The molecule has 4 heterocycles. The molecule has 0 amide bonds. The van der Waals surface area contributed by atoms with Crippen LogP contribution in [0.5, 0.6) is 0 Å². The Labute approximate surface area is 200 Å². The highest BCUT2D eigenvalue weighted by atomic mass is 35.5. The van der Waals surface area contributed by atoms with Gasteiger partial charge in [-0.15, -0.1) is 11.6 Å². The summed E-state index contributed by atoms with van der Waals surface area (Å²) in [7, 11) is -3.99. The van der Waals surface area contributed by atoms with Crippen LogP contribution in [0.3, 0.4) is 0 Å². The predicted molar refractivity (Wildman–Crippen MR) is 119 cm³/mol. The topological polar surface area (TPSA) is 137 Å². The zero-order valence-electron chi connectivity index (χ0n) is 19.1. The van der Waals surface area contributed by atoms with Crippen molar-refractivity contribution >= 4 is 42.2 Å². The summed E-state index contributed by atoms with van der Waals surface area (Å²) in [4.78, 5) is 18.6. The number of esters is 1. The highest BCUT2D eigenvalue weighted by Gasteiger charge is 2.60. The number of fused-ring (bicyclic) bond motifs is 2. The van der Waals surface area contributed by atoms with Crippen LogP contribution in [-0.2, 0) is 32.4 Å². The van der Waals surface area contributed by atoms with E-state index in [0.717, 1.165) is 0 Å². The molecule has 0 aliphatic carbocycles. The lowest BCUT2D eigenvalue weighted by Gasteiger charge is -2.34. The summed E-state index contributed by atoms with van der Waals surface area (Å²) in [5, 5.41) is 0.0460. The van der Waals surface area contributed by atoms with Gasteiger partial charge in [0.25, 0.3) is 0 Å². The molecule has 14 heteroatoms. The second kappa shape index (κ2) is 9.33. The third-order valence-electron chi connectivity index (χ3n) is 5.72. The number of halogens is 2. The SMILES string of the molecule is CC(C)OC(=O)[C@@H](C)CCO[P@]1(=O)OC[C@H]2O[C@@H](n3cc(F)c4c(N)ncnc43)[C@](C)(Cl)[C@@H]2O1. The number of phosphoric acid groups is 1. The number of alkyl halides is 1. The van der Waals surface area contributed by atoms with Crippen LogP contribution in [0.15, 0.2) is 12.5 Å². The lowest BCUT2D eigenvalue weighted by molar-refractivity contribution is -0.152. The van der Waals surface area contributed by atoms with Crippen molar-refractivity contribution in [2.24, 2.45) is 5.92 Å². The van der Waals surface area contributed by atoms with E-state index in [1.54, 1.807) is 27.7 Å². The molecule has 2 aliphatic rings. The van der Waals surface area contributed by atoms with Crippen molar-refractivity contribution in [2.75, 3.05) is 18.9 Å². The van der Waals surface area contributed by atoms with Gasteiger partial charge in [0, 0.05) is 6.20 Å². The molecule has 2 aromatic rings. The molecule has 2 fully saturated rings. The first-order valence-corrected chi connectivity index (χ1v) is 12.7. The van der Waals surface area contributed by atoms with Crippen LogP contribution in [0, 0.1) is 11.7 Å². The number of ether oxygens (including phenoxy) is 2. The van der Waals surface area contributed by atoms with Gasteiger partial charge in [-0.05, 0) is 27.2 Å². The number of hydrogen-bond donors (Lipinski definition) is 1. The highest BCUT2D eigenvalue weighted by Crippen LogP contribution is 2.60. The highest BCUT2D eigenvalue weighted by molar-refractivity contribution is 7.48. The molecule has 0 unspecified atom stereocenters. The van der Waals surface area contributed by atoms with Crippen LogP contribution >= 0.6 is 19.4 Å². The van der Waals surface area contributed by atoms with Gasteiger partial charge in [0.05, 0.1) is 30.6 Å². The maximum Gasteiger partial charge on any atom is 0.475 e. The number of rotatable bonds is 7. The fourth-order valence-electron chi connectivity index (χ4n) is 3.96. The molecular weight excluding hydrogens is 494 g/mol. The Hall–Kier alpha value is -1.82. The van der Waals surface area contributed by atoms with Crippen molar-refractivity contribution in [1.29, 1.82) is 0 Å². The number of phosphoric ester groups is 1. The number of nitrogens with two attached hydrogens (primary N) is 1. The molecule has 2 aliphatic heterocycles. The fraction of sp³-hybridized carbons (Fsp3) is 0.650. The minimum Gasteiger partial charge on any atom is -0.463 e. The van der Waals surface area contributed by atoms with Gasteiger partial charge >= 0.3 is 13.8 Å². The molecule has 0 aromatic carbocycles. The summed E-state index contributed by atoms with van der Waals surface area (Å²) in [5.41, 5.74) is 5.99. The molecule has 2 N–H and O–H groups in total. The number of nitrogens with zero attached hydrogens (tertiary/aromatic N) is 3. The molecule has 0 radical (unpaired) electrons. The van der Waals surface area contributed by atoms with Crippen molar-refractivity contribution in [1.82, 2.24) is 14.5 Å². The molecule has 6 atom stereocenters. The minimum absolute atomic E-state index is 0.0167. The van der Waals surface area contributed by atoms with Crippen molar-refractivity contribution in [3.05, 3.63) is 18.3 Å². The van der Waals surface area contributed by atoms with Gasteiger partial charge in [0.1, 0.15) is 29.2 Å². The molecule has 4 rings (SSSR count). The molecule has 34 heavy (non-hydrogen) atoms. The van der Waals surface area contributed by atoms with E-state index in [0.29, 0.717) is 0 Å². The monoisotopic (exact) mass is 520 g/mol. The number of anilines is 1. The van der Waals surface area contributed by atoms with Gasteiger partial charge in [-0.1, -0.05) is 6.92 Å². The molecule has 188 valence electrons. The van der Waals surface area contributed by atoms with Gasteiger partial charge in [-0.25, -0.2) is 18.9 Å². The van der Waals surface area contributed by atoms with E-state index in [4.69, 9.17) is 40.4 Å². The summed E-state index contributed by atoms with van der Waals surface area (Å²) in [5.74, 6) is -1.49. The molecule has 2 saturated heterocycles. The van der Waals surface area contributed by atoms with E-state index in [1.165, 1.54) is 17.1 Å². The maximum atomic E-state index is 14.6. The summed E-state index contributed by atoms with van der Waals surface area (Å²) >= 11 is 6.83. The van der Waals surface area contributed by atoms with Crippen molar-refractivity contribution in [2.45, 2.75) is 63.5 Å². The van der Waals surface area contributed by atoms with Crippen molar-refractivity contribution in [3.63, 3.8) is 0 Å². The van der Waals surface area contributed by atoms with E-state index < -0.39 is 42.9 Å². The smallest absolute Gasteiger partial charge is 0.463 e. The lowest BCUT2D eigenvalue weighted by atomic mass is 10.0. The Morgan fingerprint density at radius 3 is 2.88 bits per heavy atom. The molecule has 11 nitrogen and oxygen atoms in total. The predicted octanol–water partition coefficient (Wildman–Crippen LogP) is 3.57. The Balaban J connectivity index is 1.46. The van der Waals surface area contributed by atoms with E-state index in [1.807, 2.05) is 0 Å². The first-order valence-electron chi connectivity index (χ1n) is 10.8. The van der Waals surface area contributed by atoms with E-state index >= 15 is 0 Å². The lowest BCUT2D eigenvalue weighted by Crippen LogP contribution is -2.44. The first kappa shape index (κ1) is 25.3. The minimum atomic E-state index is -3.99. The summed E-state index contributed by atoms with van der Waals surface area (Å²) in [6.07, 6.45) is -0.135. The number of nitrogen functional groups attached to an aromatic ring is 1. The quantitative estimate of drug-likeness (QED) is 0.327. The molecule has 0 spiro atoms. The molecule has 0 bridgehead atoms. The second-order valence-electron chi connectivity index (χ2n) is 8.80. The average Bonchev–Trinajstić information content (AvgIpc) is 3.21. The second-order valence-corrected chi connectivity index (χ2v) is 11.2. The number of carbonyl (C=O) groups is 1. The van der Waals surface area contributed by atoms with E-state index in [9.17, 15) is 13.8 Å². The van der Waals surface area contributed by atoms with E-state index in [-0.39, 0.29) is 48.6 Å². The Kier molecular flexibility index (Phi) is 6.93. The Morgan fingerprint density at radius 1 is 1.44 bits per heavy atom. The van der Waals surface area contributed by atoms with Crippen LogP contribution in [-0.4, -0.2) is 56.9 Å². The third kappa shape index (κ3) is 4.67. The Bertz CT molecular complexity index is 1130. The zero-order valence-corrected chi connectivity index (χ0v) is 20.8. The third-order valence-corrected chi connectivity index (χ3v) is 7.57. The normalized spacial score (nSPS) is 32.1. The van der Waals surface area contributed by atoms with Crippen LogP contribution in [0.25, 0.3) is 11.0 Å². The van der Waals surface area contributed by atoms with Gasteiger partial charge in [-0.2, -0.15) is 0 Å². The fourth-order valence-corrected chi connectivity index (χ4v) is 5.85. The number of hydrogen-bond acceptors (Lipinski definition) is 10. The van der Waals surface area contributed by atoms with Gasteiger partial charge in [0.2, 0.25) is 0 Å². The van der Waals surface area contributed by atoms with Crippen LogP contribution in [0.2, 0.25) is 0 Å². The zero-order chi connectivity index (χ0) is 24.8. The largest absolute Gasteiger partial charge is 0.475 e. The summed E-state index contributed by atoms with van der Waals surface area (Å²) in [6.45, 7) is 6.64. The maximum absolute atomic E-state index is 14.6. The van der Waals surface area contributed by atoms with Gasteiger partial charge < -0.3 is 19.8 Å². The van der Waals surface area contributed by atoms with Crippen molar-refractivity contribution < 1.29 is 36.8 Å². The molecule has 0 saturated carbocycles. The van der Waals surface area contributed by atoms with E-state index in [2.05, 4.69) is 9.97 Å². The van der Waals surface area contributed by atoms with Crippen LogP contribution in [0.1, 0.15) is 40.3 Å². The Morgan fingerprint density at radius 2 is 2.18 bits per heavy atom. The van der Waals surface area contributed by atoms with Crippen LogP contribution in [0.4, 0.5) is 10.2 Å². The number of carbonyl (C=O) groups excluding carboxylic acids is 1. The standard InChI is InChI=1S/C20H27ClFN4O7P/c1-10(2)31-18(27)11(3)5-6-29-34(28)30-8-13-15(33-34)20(4,21)19(32-13)26-7-12(22)14-16(23)24-9-25-17(14)26/h7,9-11,13,15,19H,5-6,8H2,1-4H3,(H2,23,24,25)/t11-,13+,15+,19+,20+,34+/m0/s1. The van der Waals surface area contributed by atoms with Gasteiger partial charge in [0.15, 0.2) is 17.7 Å². The average molecular weight is 521 g/mol. The first-order chi connectivity index (χ1) is 15.9.